The van der Waals surface area contributed by atoms with Crippen LogP contribution >= 0.6 is 0 Å². The van der Waals surface area contributed by atoms with Crippen molar-refractivity contribution in [2.75, 3.05) is 6.54 Å². The summed E-state index contributed by atoms with van der Waals surface area (Å²) in [6, 6.07) is -0.734. The van der Waals surface area contributed by atoms with Crippen molar-refractivity contribution in [1.29, 1.82) is 0 Å². The lowest BCUT2D eigenvalue weighted by Crippen LogP contribution is -2.57. The number of amides is 2. The number of carboxylic acid groups (broad SMARTS) is 1. The maximum Gasteiger partial charge on any atom is 0.326 e. The highest BCUT2D eigenvalue weighted by Crippen LogP contribution is 2.35. The van der Waals surface area contributed by atoms with Crippen LogP contribution in [0, 0.1) is 11.3 Å². The summed E-state index contributed by atoms with van der Waals surface area (Å²) in [6.45, 7) is 6.96. The molecular formula is C16H28N2O3. The summed E-state index contributed by atoms with van der Waals surface area (Å²) in [5, 5.41) is 12.5. The Bertz CT molecular complexity index is 408. The number of hydrogen-bond donors (Lipinski definition) is 2. The van der Waals surface area contributed by atoms with Gasteiger partial charge in [0.05, 0.1) is 0 Å². The molecule has 5 heteroatoms. The summed E-state index contributed by atoms with van der Waals surface area (Å²) in [5.41, 5.74) is 0.0930. The molecule has 2 aliphatic rings. The van der Waals surface area contributed by atoms with Crippen LogP contribution in [-0.2, 0) is 4.79 Å². The molecule has 0 aromatic rings. The molecule has 120 valence electrons. The van der Waals surface area contributed by atoms with E-state index in [1.165, 1.54) is 11.3 Å². The summed E-state index contributed by atoms with van der Waals surface area (Å²) in [7, 11) is 0. The molecule has 21 heavy (non-hydrogen) atoms. The van der Waals surface area contributed by atoms with E-state index < -0.39 is 12.0 Å². The maximum atomic E-state index is 12.5. The van der Waals surface area contributed by atoms with Crippen LogP contribution in [0.4, 0.5) is 4.79 Å². The summed E-state index contributed by atoms with van der Waals surface area (Å²) in [5.74, 6) is -0.527. The van der Waals surface area contributed by atoms with E-state index in [1.807, 2.05) is 0 Å². The van der Waals surface area contributed by atoms with E-state index >= 15 is 0 Å². The number of urea groups is 1. The zero-order valence-electron chi connectivity index (χ0n) is 13.4. The van der Waals surface area contributed by atoms with Crippen molar-refractivity contribution in [1.82, 2.24) is 10.2 Å². The molecule has 0 aromatic heterocycles. The van der Waals surface area contributed by atoms with Gasteiger partial charge in [-0.1, -0.05) is 33.6 Å². The molecule has 3 unspecified atom stereocenters. The molecule has 1 heterocycles. The Morgan fingerprint density at radius 1 is 1.24 bits per heavy atom. The Kier molecular flexibility index (Phi) is 4.79. The topological polar surface area (TPSA) is 69.6 Å². The third-order valence-corrected chi connectivity index (χ3v) is 5.22. The van der Waals surface area contributed by atoms with E-state index in [0.29, 0.717) is 18.9 Å². The van der Waals surface area contributed by atoms with Crippen molar-refractivity contribution < 1.29 is 14.7 Å². The van der Waals surface area contributed by atoms with Crippen molar-refractivity contribution in [3.05, 3.63) is 0 Å². The number of aliphatic carboxylic acids is 1. The first kappa shape index (κ1) is 16.1. The minimum absolute atomic E-state index is 0.0930. The maximum absolute atomic E-state index is 12.5. The fourth-order valence-corrected chi connectivity index (χ4v) is 3.61. The third-order valence-electron chi connectivity index (χ3n) is 5.22. The summed E-state index contributed by atoms with van der Waals surface area (Å²) >= 11 is 0. The first-order valence-electron chi connectivity index (χ1n) is 8.11. The van der Waals surface area contributed by atoms with Crippen LogP contribution in [-0.4, -0.2) is 40.6 Å². The average molecular weight is 296 g/mol. The van der Waals surface area contributed by atoms with Gasteiger partial charge in [0, 0.05) is 12.6 Å². The molecule has 2 amide bonds. The van der Waals surface area contributed by atoms with Gasteiger partial charge in [0.25, 0.3) is 0 Å². The molecule has 1 aliphatic carbocycles. The van der Waals surface area contributed by atoms with E-state index in [9.17, 15) is 14.7 Å². The minimum Gasteiger partial charge on any atom is -0.480 e. The van der Waals surface area contributed by atoms with Crippen molar-refractivity contribution in [2.24, 2.45) is 11.3 Å². The zero-order valence-corrected chi connectivity index (χ0v) is 13.4. The quantitative estimate of drug-likeness (QED) is 0.823. The van der Waals surface area contributed by atoms with Crippen molar-refractivity contribution in [2.45, 2.75) is 71.4 Å². The standard InChI is InChI=1S/C16H28N2O3/c1-11-7-9-18(12(10-11)14(19)20)15(21)17-13-6-4-5-8-16(13,2)3/h11-13H,4-10H2,1-3H3,(H,17,21)(H,19,20). The fourth-order valence-electron chi connectivity index (χ4n) is 3.61. The Morgan fingerprint density at radius 3 is 2.57 bits per heavy atom. The molecule has 2 rings (SSSR count). The average Bonchev–Trinajstić information content (AvgIpc) is 2.40. The lowest BCUT2D eigenvalue weighted by Gasteiger charge is -2.42. The third kappa shape index (κ3) is 3.69. The Labute approximate surface area is 127 Å². The summed E-state index contributed by atoms with van der Waals surface area (Å²) in [4.78, 5) is 25.5. The molecule has 2 N–H and O–H groups in total. The van der Waals surface area contributed by atoms with Gasteiger partial charge in [0.1, 0.15) is 6.04 Å². The molecule has 3 atom stereocenters. The number of piperidine rings is 1. The van der Waals surface area contributed by atoms with Crippen LogP contribution < -0.4 is 5.32 Å². The van der Waals surface area contributed by atoms with Crippen LogP contribution in [0.25, 0.3) is 0 Å². The monoisotopic (exact) mass is 296 g/mol. The van der Waals surface area contributed by atoms with Gasteiger partial charge in [-0.2, -0.15) is 0 Å². The van der Waals surface area contributed by atoms with Gasteiger partial charge in [0.15, 0.2) is 0 Å². The van der Waals surface area contributed by atoms with Gasteiger partial charge in [-0.25, -0.2) is 9.59 Å². The molecule has 1 saturated heterocycles. The predicted molar refractivity (Wildman–Crippen MR) is 81.1 cm³/mol. The van der Waals surface area contributed by atoms with Crippen LogP contribution in [0.3, 0.4) is 0 Å². The molecule has 5 nitrogen and oxygen atoms in total. The highest BCUT2D eigenvalue weighted by atomic mass is 16.4. The molecule has 0 aromatic carbocycles. The van der Waals surface area contributed by atoms with Crippen LogP contribution in [0.2, 0.25) is 0 Å². The SMILES string of the molecule is CC1CCN(C(=O)NC2CCCCC2(C)C)C(C(=O)O)C1. The zero-order chi connectivity index (χ0) is 15.6. The van der Waals surface area contributed by atoms with Gasteiger partial charge in [-0.05, 0) is 37.0 Å². The van der Waals surface area contributed by atoms with Gasteiger partial charge >= 0.3 is 12.0 Å². The smallest absolute Gasteiger partial charge is 0.326 e. The van der Waals surface area contributed by atoms with Crippen molar-refractivity contribution in [3.63, 3.8) is 0 Å². The Hall–Kier alpha value is -1.26. The summed E-state index contributed by atoms with van der Waals surface area (Å²) in [6.07, 6.45) is 5.87. The van der Waals surface area contributed by atoms with Crippen LogP contribution in [0.15, 0.2) is 0 Å². The molecular weight excluding hydrogens is 268 g/mol. The van der Waals surface area contributed by atoms with Gasteiger partial charge in [0.2, 0.25) is 0 Å². The number of likely N-dealkylation sites (tertiary alicyclic amines) is 1. The molecule has 2 fully saturated rings. The summed E-state index contributed by atoms with van der Waals surface area (Å²) < 4.78 is 0. The van der Waals surface area contributed by atoms with Crippen LogP contribution in [0.5, 0.6) is 0 Å². The molecule has 0 radical (unpaired) electrons. The fraction of sp³-hybridized carbons (Fsp3) is 0.875. The highest BCUT2D eigenvalue weighted by Gasteiger charge is 2.38. The minimum atomic E-state index is -0.889. The normalized spacial score (nSPS) is 32.5. The van der Waals surface area contributed by atoms with E-state index in [2.05, 4.69) is 26.1 Å². The number of carboxylic acids is 1. The first-order valence-corrected chi connectivity index (χ1v) is 8.11. The largest absolute Gasteiger partial charge is 0.480 e. The van der Waals surface area contributed by atoms with E-state index in [0.717, 1.165) is 25.7 Å². The second-order valence-corrected chi connectivity index (χ2v) is 7.41. The number of carbonyl (C=O) groups is 2. The second kappa shape index (κ2) is 6.24. The Morgan fingerprint density at radius 2 is 1.95 bits per heavy atom. The molecule has 1 aliphatic heterocycles. The lowest BCUT2D eigenvalue weighted by molar-refractivity contribution is -0.143. The number of nitrogens with one attached hydrogen (secondary N) is 1. The van der Waals surface area contributed by atoms with Crippen LogP contribution in [0.1, 0.15) is 59.3 Å². The van der Waals surface area contributed by atoms with E-state index in [-0.39, 0.29) is 17.5 Å². The number of rotatable bonds is 2. The lowest BCUT2D eigenvalue weighted by atomic mass is 9.73. The van der Waals surface area contributed by atoms with Crippen molar-refractivity contribution in [3.8, 4) is 0 Å². The van der Waals surface area contributed by atoms with E-state index in [4.69, 9.17) is 0 Å². The van der Waals surface area contributed by atoms with Gasteiger partial charge in [-0.15, -0.1) is 0 Å². The number of carbonyl (C=O) groups excluding carboxylic acids is 1. The number of nitrogens with zero attached hydrogens (tertiary/aromatic N) is 1. The van der Waals surface area contributed by atoms with Gasteiger partial charge < -0.3 is 15.3 Å². The molecule has 0 spiro atoms. The Balaban J connectivity index is 2.02. The highest BCUT2D eigenvalue weighted by molar-refractivity contribution is 5.83. The first-order chi connectivity index (χ1) is 9.81. The predicted octanol–water partition coefficient (Wildman–Crippen LogP) is 2.85. The van der Waals surface area contributed by atoms with E-state index in [1.54, 1.807) is 0 Å². The van der Waals surface area contributed by atoms with Crippen molar-refractivity contribution >= 4 is 12.0 Å². The molecule has 1 saturated carbocycles. The van der Waals surface area contributed by atoms with Gasteiger partial charge in [-0.3, -0.25) is 0 Å². The molecule has 0 bridgehead atoms. The second-order valence-electron chi connectivity index (χ2n) is 7.41. The number of hydrogen-bond acceptors (Lipinski definition) is 2.